The van der Waals surface area contributed by atoms with E-state index in [0.717, 1.165) is 33.4 Å². The number of rotatable bonds is 4. The monoisotopic (exact) mass is 377 g/mol. The predicted molar refractivity (Wildman–Crippen MR) is 119 cm³/mol. The van der Waals surface area contributed by atoms with Crippen molar-refractivity contribution in [1.82, 2.24) is 14.5 Å². The van der Waals surface area contributed by atoms with Gasteiger partial charge < -0.3 is 4.42 Å². The number of para-hydroxylation sites is 1. The smallest absolute Gasteiger partial charge is 0.161 e. The number of nitrogens with zero attached hydrogens (tertiary/aromatic N) is 3. The molecule has 0 N–H and O–H groups in total. The van der Waals surface area contributed by atoms with Crippen LogP contribution in [0.2, 0.25) is 0 Å². The van der Waals surface area contributed by atoms with E-state index >= 15 is 0 Å². The normalized spacial score (nSPS) is 12.5. The van der Waals surface area contributed by atoms with Crippen LogP contribution < -0.4 is 0 Å². The molecule has 0 bridgehead atoms. The molecule has 3 heterocycles. The van der Waals surface area contributed by atoms with E-state index in [4.69, 9.17) is 9.40 Å². The fourth-order valence-corrected chi connectivity index (χ4v) is 3.83. The Morgan fingerprint density at radius 2 is 1.93 bits per heavy atom. The molecule has 4 nitrogen and oxygen atoms in total. The van der Waals surface area contributed by atoms with E-state index in [2.05, 4.69) is 46.5 Å². The van der Waals surface area contributed by atoms with Crippen molar-refractivity contribution in [2.24, 2.45) is 0 Å². The van der Waals surface area contributed by atoms with Gasteiger partial charge in [0.15, 0.2) is 5.82 Å². The van der Waals surface area contributed by atoms with Gasteiger partial charge in [0, 0.05) is 27.9 Å². The van der Waals surface area contributed by atoms with Crippen molar-refractivity contribution in [1.29, 1.82) is 0 Å². The second-order valence-electron chi connectivity index (χ2n) is 6.72. The van der Waals surface area contributed by atoms with Gasteiger partial charge in [0.2, 0.25) is 0 Å². The van der Waals surface area contributed by atoms with Crippen molar-refractivity contribution in [3.8, 4) is 5.82 Å². The first-order valence-corrected chi connectivity index (χ1v) is 9.50. The van der Waals surface area contributed by atoms with Crippen LogP contribution in [0.1, 0.15) is 12.7 Å². The second kappa shape index (κ2) is 6.91. The highest BCUT2D eigenvalue weighted by Gasteiger charge is 2.17. The van der Waals surface area contributed by atoms with Gasteiger partial charge in [0.05, 0.1) is 17.3 Å². The lowest BCUT2D eigenvalue weighted by molar-refractivity contribution is 0.616. The van der Waals surface area contributed by atoms with Crippen molar-refractivity contribution in [3.63, 3.8) is 0 Å². The lowest BCUT2D eigenvalue weighted by atomic mass is 10.1. The summed E-state index contributed by atoms with van der Waals surface area (Å²) in [5.74, 6) is 1.50. The van der Waals surface area contributed by atoms with Crippen LogP contribution in [0.25, 0.3) is 44.2 Å². The molecule has 0 amide bonds. The molecule has 5 aromatic rings. The molecule has 0 saturated carbocycles. The number of benzene rings is 2. The Balaban J connectivity index is 1.85. The summed E-state index contributed by atoms with van der Waals surface area (Å²) in [5, 5.41) is 3.42. The Kier molecular flexibility index (Phi) is 4.10. The highest BCUT2D eigenvalue weighted by Crippen LogP contribution is 2.36. The van der Waals surface area contributed by atoms with E-state index in [0.29, 0.717) is 5.82 Å². The van der Waals surface area contributed by atoms with E-state index < -0.39 is 0 Å². The van der Waals surface area contributed by atoms with Crippen molar-refractivity contribution in [2.75, 3.05) is 0 Å². The molecule has 0 aliphatic heterocycles. The zero-order valence-electron chi connectivity index (χ0n) is 16.0. The highest BCUT2D eigenvalue weighted by molar-refractivity contribution is 6.17. The molecule has 0 aliphatic rings. The number of hydrogen-bond donors (Lipinski definition) is 0. The summed E-state index contributed by atoms with van der Waals surface area (Å²) in [6.07, 6.45) is 11.1. The first-order chi connectivity index (χ1) is 14.3. The van der Waals surface area contributed by atoms with Gasteiger partial charge in [-0.1, -0.05) is 49.1 Å². The molecule has 29 heavy (non-hydrogen) atoms. The Hall–Kier alpha value is -3.92. The van der Waals surface area contributed by atoms with Crippen molar-refractivity contribution < 1.29 is 4.42 Å². The molecule has 140 valence electrons. The Morgan fingerprint density at radius 3 is 2.79 bits per heavy atom. The van der Waals surface area contributed by atoms with Gasteiger partial charge in [-0.05, 0) is 37.3 Å². The summed E-state index contributed by atoms with van der Waals surface area (Å²) in [6, 6.07) is 16.5. The van der Waals surface area contributed by atoms with Crippen LogP contribution in [0.15, 0.2) is 96.3 Å². The summed E-state index contributed by atoms with van der Waals surface area (Å²) < 4.78 is 7.86. The maximum Gasteiger partial charge on any atom is 0.161 e. The third-order valence-electron chi connectivity index (χ3n) is 5.12. The third kappa shape index (κ3) is 2.69. The third-order valence-corrected chi connectivity index (χ3v) is 5.12. The van der Waals surface area contributed by atoms with Crippen LogP contribution >= 0.6 is 0 Å². The molecule has 5 rings (SSSR count). The molecule has 0 fully saturated rings. The van der Waals surface area contributed by atoms with Crippen molar-refractivity contribution >= 4 is 38.3 Å². The van der Waals surface area contributed by atoms with Crippen LogP contribution in [-0.2, 0) is 0 Å². The van der Waals surface area contributed by atoms with Crippen LogP contribution in [-0.4, -0.2) is 14.5 Å². The second-order valence-corrected chi connectivity index (χ2v) is 6.72. The predicted octanol–water partition coefficient (Wildman–Crippen LogP) is 6.47. The lowest BCUT2D eigenvalue weighted by Gasteiger charge is -2.09. The molecule has 0 saturated heterocycles. The molecule has 0 unspecified atom stereocenters. The first kappa shape index (κ1) is 17.2. The SMILES string of the molecule is C=C/C=C\C(=C/C)c1nccc(-n2c3ccccc3c3ccc4occc4c32)n1. The average Bonchev–Trinajstić information content (AvgIpc) is 3.37. The number of furan rings is 1. The zero-order chi connectivity index (χ0) is 19.8. The van der Waals surface area contributed by atoms with Crippen molar-refractivity contribution in [3.05, 3.63) is 97.7 Å². The molecule has 0 atom stereocenters. The minimum absolute atomic E-state index is 0.674. The molecule has 0 radical (unpaired) electrons. The first-order valence-electron chi connectivity index (χ1n) is 9.50. The molecular weight excluding hydrogens is 358 g/mol. The molecular formula is C25H19N3O. The van der Waals surface area contributed by atoms with Gasteiger partial charge in [-0.3, -0.25) is 4.57 Å². The largest absolute Gasteiger partial charge is 0.464 e. The van der Waals surface area contributed by atoms with E-state index in [-0.39, 0.29) is 0 Å². The molecule has 3 aromatic heterocycles. The van der Waals surface area contributed by atoms with Crippen LogP contribution in [0, 0.1) is 0 Å². The Morgan fingerprint density at radius 1 is 1.03 bits per heavy atom. The standard InChI is InChI=1S/C25H19N3O/c1-3-5-8-17(4-2)25-26-15-13-23(27-25)28-21-10-7-6-9-18(21)19-11-12-22-20(24(19)28)14-16-29-22/h3-16H,1H2,2H3/b8-5-,17-4+. The van der Waals surface area contributed by atoms with Gasteiger partial charge >= 0.3 is 0 Å². The molecule has 0 spiro atoms. The number of allylic oxidation sites excluding steroid dienone is 5. The van der Waals surface area contributed by atoms with E-state index in [9.17, 15) is 0 Å². The van der Waals surface area contributed by atoms with Gasteiger partial charge in [-0.15, -0.1) is 0 Å². The minimum atomic E-state index is 0.674. The quantitative estimate of drug-likeness (QED) is 0.337. The summed E-state index contributed by atoms with van der Waals surface area (Å²) in [5.41, 5.74) is 4.00. The maximum absolute atomic E-state index is 5.66. The summed E-state index contributed by atoms with van der Waals surface area (Å²) in [4.78, 5) is 9.39. The summed E-state index contributed by atoms with van der Waals surface area (Å²) in [6.45, 7) is 5.72. The van der Waals surface area contributed by atoms with E-state index in [1.54, 1.807) is 18.5 Å². The van der Waals surface area contributed by atoms with Gasteiger partial charge in [-0.25, -0.2) is 9.97 Å². The molecule has 0 aliphatic carbocycles. The topological polar surface area (TPSA) is 43.9 Å². The minimum Gasteiger partial charge on any atom is -0.464 e. The molecule has 2 aromatic carbocycles. The fourth-order valence-electron chi connectivity index (χ4n) is 3.83. The number of fused-ring (bicyclic) bond motifs is 5. The number of aromatic nitrogens is 3. The molecule has 4 heteroatoms. The van der Waals surface area contributed by atoms with Crippen molar-refractivity contribution in [2.45, 2.75) is 6.92 Å². The zero-order valence-corrected chi connectivity index (χ0v) is 16.0. The highest BCUT2D eigenvalue weighted by atomic mass is 16.3. The Bertz CT molecular complexity index is 1430. The van der Waals surface area contributed by atoms with E-state index in [1.165, 1.54) is 10.8 Å². The fraction of sp³-hybridized carbons (Fsp3) is 0.0400. The summed E-state index contributed by atoms with van der Waals surface area (Å²) >= 11 is 0. The van der Waals surface area contributed by atoms with Crippen LogP contribution in [0.3, 0.4) is 0 Å². The van der Waals surface area contributed by atoms with E-state index in [1.807, 2.05) is 43.4 Å². The van der Waals surface area contributed by atoms with Gasteiger partial charge in [-0.2, -0.15) is 0 Å². The van der Waals surface area contributed by atoms with Gasteiger partial charge in [0.1, 0.15) is 11.4 Å². The van der Waals surface area contributed by atoms with Crippen LogP contribution in [0.4, 0.5) is 0 Å². The average molecular weight is 377 g/mol. The summed E-state index contributed by atoms with van der Waals surface area (Å²) in [7, 11) is 0. The maximum atomic E-state index is 5.66. The van der Waals surface area contributed by atoms with Crippen LogP contribution in [0.5, 0.6) is 0 Å². The lowest BCUT2D eigenvalue weighted by Crippen LogP contribution is -2.01. The Labute approximate surface area is 168 Å². The van der Waals surface area contributed by atoms with Gasteiger partial charge in [0.25, 0.3) is 0 Å². The number of hydrogen-bond acceptors (Lipinski definition) is 3.